The summed E-state index contributed by atoms with van der Waals surface area (Å²) < 4.78 is 0.908. The molecule has 7 heteroatoms. The maximum atomic E-state index is 12.4. The molecule has 1 fully saturated rings. The first-order chi connectivity index (χ1) is 9.47. The number of rotatable bonds is 4. The minimum absolute atomic E-state index is 0.113. The molecule has 0 spiro atoms. The molecule has 1 aliphatic rings. The molecule has 110 valence electrons. The second-order valence-corrected chi connectivity index (χ2v) is 7.22. The second-order valence-electron chi connectivity index (χ2n) is 4.93. The largest absolute Gasteiger partial charge is 0.481 e. The summed E-state index contributed by atoms with van der Waals surface area (Å²) in [4.78, 5) is 24.8. The standard InChI is InChI=1S/C13H15Cl2NO3S/c14-10-6-9(12(15)20-10)13(19)16-5-1-2-8(7-16)3-4-11(17)18/h6,8H,1-5,7H2,(H,17,18). The fraction of sp³-hybridized carbons (Fsp3) is 0.538. The lowest BCUT2D eigenvalue weighted by molar-refractivity contribution is -0.137. The average molecular weight is 336 g/mol. The van der Waals surface area contributed by atoms with Crippen molar-refractivity contribution in [2.24, 2.45) is 5.92 Å². The van der Waals surface area contributed by atoms with Crippen LogP contribution in [0.2, 0.25) is 8.67 Å². The summed E-state index contributed by atoms with van der Waals surface area (Å²) in [5.41, 5.74) is 0.445. The van der Waals surface area contributed by atoms with E-state index in [9.17, 15) is 9.59 Å². The molecular formula is C13H15Cl2NO3S. The molecule has 1 saturated heterocycles. The average Bonchev–Trinajstić information content (AvgIpc) is 2.75. The molecule has 2 rings (SSSR count). The number of carboxylic acid groups (broad SMARTS) is 1. The first kappa shape index (κ1) is 15.6. The van der Waals surface area contributed by atoms with Gasteiger partial charge in [0, 0.05) is 19.5 Å². The smallest absolute Gasteiger partial charge is 0.303 e. The molecule has 1 aromatic rings. The Morgan fingerprint density at radius 3 is 2.80 bits per heavy atom. The predicted octanol–water partition coefficient (Wildman–Crippen LogP) is 3.77. The van der Waals surface area contributed by atoms with E-state index in [1.165, 1.54) is 11.3 Å². The summed E-state index contributed by atoms with van der Waals surface area (Å²) in [5.74, 6) is -0.657. The van der Waals surface area contributed by atoms with Crippen molar-refractivity contribution in [1.82, 2.24) is 4.90 Å². The third-order valence-electron chi connectivity index (χ3n) is 3.46. The lowest BCUT2D eigenvalue weighted by Gasteiger charge is -2.32. The molecule has 0 saturated carbocycles. The Hall–Kier alpha value is -0.780. The van der Waals surface area contributed by atoms with Crippen LogP contribution in [0, 0.1) is 5.92 Å². The van der Waals surface area contributed by atoms with Gasteiger partial charge in [0.1, 0.15) is 4.34 Å². The zero-order chi connectivity index (χ0) is 14.7. The number of carbonyl (C=O) groups excluding carboxylic acids is 1. The van der Waals surface area contributed by atoms with E-state index < -0.39 is 5.97 Å². The molecule has 1 amide bonds. The number of carbonyl (C=O) groups is 2. The van der Waals surface area contributed by atoms with Crippen LogP contribution in [0.5, 0.6) is 0 Å². The van der Waals surface area contributed by atoms with E-state index >= 15 is 0 Å². The lowest BCUT2D eigenvalue weighted by Crippen LogP contribution is -2.40. The minimum Gasteiger partial charge on any atom is -0.481 e. The second kappa shape index (κ2) is 6.78. The maximum absolute atomic E-state index is 12.4. The van der Waals surface area contributed by atoms with E-state index in [2.05, 4.69) is 0 Å². The monoisotopic (exact) mass is 335 g/mol. The number of amides is 1. The van der Waals surface area contributed by atoms with Gasteiger partial charge in [-0.05, 0) is 31.2 Å². The highest BCUT2D eigenvalue weighted by Crippen LogP contribution is 2.33. The Kier molecular flexibility index (Phi) is 5.29. The summed E-state index contributed by atoms with van der Waals surface area (Å²) in [5, 5.41) is 8.73. The van der Waals surface area contributed by atoms with Crippen LogP contribution in [0.4, 0.5) is 0 Å². The van der Waals surface area contributed by atoms with Crippen LogP contribution >= 0.6 is 34.5 Å². The molecule has 1 atom stereocenters. The van der Waals surface area contributed by atoms with Crippen molar-refractivity contribution < 1.29 is 14.7 Å². The van der Waals surface area contributed by atoms with Gasteiger partial charge in [0.05, 0.1) is 9.90 Å². The van der Waals surface area contributed by atoms with Crippen LogP contribution in [-0.4, -0.2) is 35.0 Å². The summed E-state index contributed by atoms with van der Waals surface area (Å²) in [6.45, 7) is 1.28. The van der Waals surface area contributed by atoms with Crippen LogP contribution in [0.3, 0.4) is 0 Å². The molecule has 0 radical (unpaired) electrons. The Morgan fingerprint density at radius 1 is 1.45 bits per heavy atom. The third-order valence-corrected chi connectivity index (χ3v) is 4.95. The molecule has 1 N–H and O–H groups in total. The summed E-state index contributed by atoms with van der Waals surface area (Å²) in [6, 6.07) is 1.59. The van der Waals surface area contributed by atoms with Crippen LogP contribution < -0.4 is 0 Å². The highest BCUT2D eigenvalue weighted by atomic mass is 35.5. The van der Waals surface area contributed by atoms with Crippen molar-refractivity contribution in [1.29, 1.82) is 0 Å². The van der Waals surface area contributed by atoms with Crippen LogP contribution in [0.1, 0.15) is 36.0 Å². The number of hydrogen-bond donors (Lipinski definition) is 1. The molecular weight excluding hydrogens is 321 g/mol. The molecule has 1 aliphatic heterocycles. The van der Waals surface area contributed by atoms with Crippen molar-refractivity contribution in [2.45, 2.75) is 25.7 Å². The van der Waals surface area contributed by atoms with E-state index in [1.54, 1.807) is 11.0 Å². The minimum atomic E-state index is -0.791. The normalized spacial score (nSPS) is 19.1. The van der Waals surface area contributed by atoms with Crippen molar-refractivity contribution >= 4 is 46.4 Å². The predicted molar refractivity (Wildman–Crippen MR) is 79.8 cm³/mol. The zero-order valence-corrected chi connectivity index (χ0v) is 13.1. The Labute approximate surface area is 131 Å². The number of halogens is 2. The van der Waals surface area contributed by atoms with Gasteiger partial charge in [-0.15, -0.1) is 11.3 Å². The first-order valence-corrected chi connectivity index (χ1v) is 8.00. The number of piperidine rings is 1. The Balaban J connectivity index is 1.99. The van der Waals surface area contributed by atoms with Gasteiger partial charge in [-0.2, -0.15) is 0 Å². The summed E-state index contributed by atoms with van der Waals surface area (Å²) in [6.07, 6.45) is 2.62. The molecule has 1 unspecified atom stereocenters. The fourth-order valence-electron chi connectivity index (χ4n) is 2.47. The SMILES string of the molecule is O=C(O)CCC1CCCN(C(=O)c2cc(Cl)sc2Cl)C1. The van der Waals surface area contributed by atoms with Crippen molar-refractivity contribution in [3.8, 4) is 0 Å². The lowest BCUT2D eigenvalue weighted by atomic mass is 9.93. The molecule has 0 aromatic carbocycles. The summed E-state index contributed by atoms with van der Waals surface area (Å²) >= 11 is 13.0. The van der Waals surface area contributed by atoms with E-state index in [1.807, 2.05) is 0 Å². The topological polar surface area (TPSA) is 57.6 Å². The number of aliphatic carboxylic acids is 1. The van der Waals surface area contributed by atoms with Gasteiger partial charge in [0.25, 0.3) is 5.91 Å². The molecule has 20 heavy (non-hydrogen) atoms. The number of hydrogen-bond acceptors (Lipinski definition) is 3. The first-order valence-electron chi connectivity index (χ1n) is 6.43. The van der Waals surface area contributed by atoms with Gasteiger partial charge in [-0.25, -0.2) is 0 Å². The van der Waals surface area contributed by atoms with Gasteiger partial charge in [-0.3, -0.25) is 9.59 Å². The number of nitrogens with zero attached hydrogens (tertiary/aromatic N) is 1. The number of carboxylic acids is 1. The highest BCUT2D eigenvalue weighted by molar-refractivity contribution is 7.20. The molecule has 4 nitrogen and oxygen atoms in total. The molecule has 2 heterocycles. The number of likely N-dealkylation sites (tertiary alicyclic amines) is 1. The van der Waals surface area contributed by atoms with E-state index in [0.717, 1.165) is 12.8 Å². The van der Waals surface area contributed by atoms with Crippen LogP contribution in [0.25, 0.3) is 0 Å². The summed E-state index contributed by atoms with van der Waals surface area (Å²) in [7, 11) is 0. The van der Waals surface area contributed by atoms with Crippen LogP contribution in [-0.2, 0) is 4.79 Å². The van der Waals surface area contributed by atoms with Gasteiger partial charge in [0.2, 0.25) is 0 Å². The van der Waals surface area contributed by atoms with E-state index in [0.29, 0.717) is 33.7 Å². The maximum Gasteiger partial charge on any atom is 0.303 e. The molecule has 0 aliphatic carbocycles. The van der Waals surface area contributed by atoms with Crippen molar-refractivity contribution in [3.05, 3.63) is 20.3 Å². The van der Waals surface area contributed by atoms with Gasteiger partial charge in [-0.1, -0.05) is 23.2 Å². The zero-order valence-electron chi connectivity index (χ0n) is 10.8. The van der Waals surface area contributed by atoms with Crippen LogP contribution in [0.15, 0.2) is 6.07 Å². The third kappa shape index (κ3) is 3.87. The highest BCUT2D eigenvalue weighted by Gasteiger charge is 2.26. The van der Waals surface area contributed by atoms with E-state index in [4.69, 9.17) is 28.3 Å². The molecule has 0 bridgehead atoms. The quantitative estimate of drug-likeness (QED) is 0.910. The molecule has 1 aromatic heterocycles. The van der Waals surface area contributed by atoms with Gasteiger partial charge >= 0.3 is 5.97 Å². The Morgan fingerprint density at radius 2 is 2.20 bits per heavy atom. The Bertz CT molecular complexity index is 518. The fourth-order valence-corrected chi connectivity index (χ4v) is 3.92. The van der Waals surface area contributed by atoms with Gasteiger partial charge < -0.3 is 10.0 Å². The van der Waals surface area contributed by atoms with E-state index in [-0.39, 0.29) is 18.2 Å². The van der Waals surface area contributed by atoms with Gasteiger partial charge in [0.15, 0.2) is 0 Å². The van der Waals surface area contributed by atoms with Crippen molar-refractivity contribution in [2.75, 3.05) is 13.1 Å². The number of thiophene rings is 1. The van der Waals surface area contributed by atoms with Crippen molar-refractivity contribution in [3.63, 3.8) is 0 Å².